The molecular weight excluding hydrogens is 554 g/mol. The number of likely N-dealkylation sites (N-methyl/N-ethyl adjacent to an activating group) is 1. The van der Waals surface area contributed by atoms with Gasteiger partial charge in [0.05, 0.1) is 40.9 Å². The highest BCUT2D eigenvalue weighted by Crippen LogP contribution is 2.65. The molecule has 2 amide bonds. The van der Waals surface area contributed by atoms with Crippen LogP contribution in [-0.2, 0) is 29.1 Å². The summed E-state index contributed by atoms with van der Waals surface area (Å²) in [5.41, 5.74) is 7.39. The molecule has 1 aromatic carbocycles. The highest BCUT2D eigenvalue weighted by molar-refractivity contribution is 6.16. The Hall–Kier alpha value is -4.51. The van der Waals surface area contributed by atoms with Gasteiger partial charge in [0.2, 0.25) is 11.8 Å². The van der Waals surface area contributed by atoms with E-state index < -0.39 is 5.41 Å². The lowest BCUT2D eigenvalue weighted by molar-refractivity contribution is -0.190. The van der Waals surface area contributed by atoms with E-state index in [0.717, 1.165) is 101 Å². The Bertz CT molecular complexity index is 2040. The van der Waals surface area contributed by atoms with Crippen LogP contribution in [0.3, 0.4) is 0 Å². The number of hydrogen-bond acceptors (Lipinski definition) is 6. The van der Waals surface area contributed by atoms with Crippen molar-refractivity contribution < 1.29 is 9.59 Å². The molecule has 0 atom stereocenters. The Morgan fingerprint density at radius 2 is 1.77 bits per heavy atom. The van der Waals surface area contributed by atoms with Crippen LogP contribution in [0.15, 0.2) is 43.0 Å². The van der Waals surface area contributed by atoms with Crippen molar-refractivity contribution in [2.75, 3.05) is 25.0 Å². The van der Waals surface area contributed by atoms with E-state index in [1.165, 1.54) is 0 Å². The lowest BCUT2D eigenvalue weighted by Crippen LogP contribution is -2.84. The fourth-order valence-electron chi connectivity index (χ4n) is 9.20. The van der Waals surface area contributed by atoms with Gasteiger partial charge in [0, 0.05) is 85.9 Å². The van der Waals surface area contributed by atoms with Gasteiger partial charge in [-0.05, 0) is 49.8 Å². The average molecular weight is 590 g/mol. The predicted molar refractivity (Wildman–Crippen MR) is 167 cm³/mol. The van der Waals surface area contributed by atoms with Gasteiger partial charge in [0.1, 0.15) is 5.65 Å². The van der Waals surface area contributed by atoms with Crippen molar-refractivity contribution in [3.05, 3.63) is 48.5 Å². The van der Waals surface area contributed by atoms with E-state index in [2.05, 4.69) is 43.6 Å². The second-order valence-electron chi connectivity index (χ2n) is 13.7. The molecule has 3 aliphatic carbocycles. The van der Waals surface area contributed by atoms with E-state index in [0.29, 0.717) is 0 Å². The summed E-state index contributed by atoms with van der Waals surface area (Å²) in [6.45, 7) is 3.32. The maximum absolute atomic E-state index is 14.3. The van der Waals surface area contributed by atoms with Crippen LogP contribution in [0.5, 0.6) is 0 Å². The summed E-state index contributed by atoms with van der Waals surface area (Å²) in [5.74, 6) is 0.215. The molecule has 4 aromatic heterocycles. The molecule has 0 radical (unpaired) electrons. The van der Waals surface area contributed by atoms with E-state index in [1.54, 1.807) is 6.92 Å². The van der Waals surface area contributed by atoms with Gasteiger partial charge in [-0.3, -0.25) is 23.9 Å². The van der Waals surface area contributed by atoms with Gasteiger partial charge in [-0.15, -0.1) is 0 Å². The fourth-order valence-corrected chi connectivity index (χ4v) is 9.20. The minimum atomic E-state index is -0.623. The largest absolute Gasteiger partial charge is 0.351 e. The van der Waals surface area contributed by atoms with Crippen molar-refractivity contribution in [2.45, 2.75) is 55.5 Å². The normalized spacial score (nSPS) is 25.5. The molecule has 3 saturated carbocycles. The maximum atomic E-state index is 14.3. The highest BCUT2D eigenvalue weighted by atomic mass is 16.2. The summed E-state index contributed by atoms with van der Waals surface area (Å²) in [6, 6.07) is 6.45. The summed E-state index contributed by atoms with van der Waals surface area (Å²) in [7, 11) is 5.77. The number of amides is 2. The number of aromatic nitrogens is 6. The summed E-state index contributed by atoms with van der Waals surface area (Å²) < 4.78 is 3.69. The molecule has 1 saturated heterocycles. The summed E-state index contributed by atoms with van der Waals surface area (Å²) in [6.07, 6.45) is 12.2. The zero-order valence-electron chi connectivity index (χ0n) is 25.4. The van der Waals surface area contributed by atoms with Crippen LogP contribution in [0.2, 0.25) is 0 Å². The zero-order chi connectivity index (χ0) is 30.2. The Morgan fingerprint density at radius 1 is 1.00 bits per heavy atom. The second-order valence-corrected chi connectivity index (χ2v) is 13.7. The molecule has 2 bridgehead atoms. The first-order chi connectivity index (χ1) is 21.1. The number of fused-ring (bicyclic) bond motifs is 5. The number of hydrogen-bond donors (Lipinski definition) is 2. The lowest BCUT2D eigenvalue weighted by Gasteiger charge is -2.74. The van der Waals surface area contributed by atoms with Crippen LogP contribution < -0.4 is 10.2 Å². The monoisotopic (exact) mass is 589 g/mol. The first kappa shape index (κ1) is 25.9. The lowest BCUT2D eigenvalue weighted by atomic mass is 9.43. The number of carbonyl (C=O) groups is 2. The SMILES string of the molecule is CC(=O)NC12CC(N3CCC4(CC3)C(=O)N(C)c3cnc5[nH]c(-c6cnn(C)c6)c(-c6ccc7c(cnn7C)c6)c5c34)(C1)C2. The van der Waals surface area contributed by atoms with Gasteiger partial charge in [-0.1, -0.05) is 6.07 Å². The van der Waals surface area contributed by atoms with Gasteiger partial charge in [-0.2, -0.15) is 10.2 Å². The minimum absolute atomic E-state index is 0.00705. The van der Waals surface area contributed by atoms with E-state index in [4.69, 9.17) is 4.98 Å². The standard InChI is InChI=1S/C33H35N9O2/c1-19(43)38-31-16-32(17-31,18-31)42-9-7-33(8-10-42)27-24(40(3)30(33)44)14-34-29-26(27)25(28(37-29)22-13-35-39(2)15-22)20-5-6-23-21(11-20)12-36-41(23)4/h5-6,11-15H,7-10,16-18H2,1-4H3,(H,34,37)(H,38,43). The van der Waals surface area contributed by atoms with Crippen molar-refractivity contribution in [1.82, 2.24) is 39.7 Å². The number of pyridine rings is 1. The highest BCUT2D eigenvalue weighted by Gasteiger charge is 2.71. The first-order valence-electron chi connectivity index (χ1n) is 15.4. The number of anilines is 1. The van der Waals surface area contributed by atoms with Crippen LogP contribution in [0.4, 0.5) is 5.69 Å². The van der Waals surface area contributed by atoms with Crippen molar-refractivity contribution >= 4 is 39.4 Å². The molecule has 6 heterocycles. The van der Waals surface area contributed by atoms with Crippen LogP contribution in [0, 0.1) is 0 Å². The van der Waals surface area contributed by atoms with Gasteiger partial charge in [0.25, 0.3) is 0 Å². The quantitative estimate of drug-likeness (QED) is 0.331. The number of nitrogens with one attached hydrogen (secondary N) is 2. The molecule has 224 valence electrons. The Kier molecular flexibility index (Phi) is 4.92. The van der Waals surface area contributed by atoms with E-state index in [9.17, 15) is 9.59 Å². The third kappa shape index (κ3) is 3.22. The Labute approximate surface area is 254 Å². The minimum Gasteiger partial charge on any atom is -0.351 e. The van der Waals surface area contributed by atoms with Crippen molar-refractivity contribution in [3.63, 3.8) is 0 Å². The number of benzene rings is 1. The molecule has 5 aliphatic rings. The maximum Gasteiger partial charge on any atom is 0.237 e. The molecule has 4 fully saturated rings. The molecule has 44 heavy (non-hydrogen) atoms. The second kappa shape index (κ2) is 8.35. The first-order valence-corrected chi connectivity index (χ1v) is 15.4. The van der Waals surface area contributed by atoms with Crippen molar-refractivity contribution in [3.8, 4) is 22.4 Å². The van der Waals surface area contributed by atoms with Gasteiger partial charge >= 0.3 is 0 Å². The average Bonchev–Trinajstić information content (AvgIpc) is 3.72. The van der Waals surface area contributed by atoms with Crippen LogP contribution in [0.25, 0.3) is 44.3 Å². The van der Waals surface area contributed by atoms with Crippen molar-refractivity contribution in [1.29, 1.82) is 0 Å². The number of aromatic amines is 1. The number of nitrogens with zero attached hydrogens (tertiary/aromatic N) is 7. The number of H-pyrrole nitrogens is 1. The van der Waals surface area contributed by atoms with E-state index in [1.807, 2.05) is 60.2 Å². The third-order valence-electron chi connectivity index (χ3n) is 11.1. The Balaban J connectivity index is 1.18. The third-order valence-corrected chi connectivity index (χ3v) is 11.1. The summed E-state index contributed by atoms with van der Waals surface area (Å²) >= 11 is 0. The fraction of sp³-hybridized carbons (Fsp3) is 0.424. The topological polar surface area (TPSA) is 117 Å². The van der Waals surface area contributed by atoms with Crippen LogP contribution in [0.1, 0.15) is 44.6 Å². The molecule has 10 rings (SSSR count). The van der Waals surface area contributed by atoms with Crippen LogP contribution >= 0.6 is 0 Å². The number of likely N-dealkylation sites (tertiary alicyclic amines) is 1. The number of piperidine rings is 1. The van der Waals surface area contributed by atoms with E-state index in [-0.39, 0.29) is 22.9 Å². The smallest absolute Gasteiger partial charge is 0.237 e. The van der Waals surface area contributed by atoms with Crippen molar-refractivity contribution in [2.24, 2.45) is 14.1 Å². The number of rotatable bonds is 4. The van der Waals surface area contributed by atoms with Gasteiger partial charge < -0.3 is 15.2 Å². The molecule has 11 nitrogen and oxygen atoms in total. The molecule has 11 heteroatoms. The molecule has 2 aliphatic heterocycles. The summed E-state index contributed by atoms with van der Waals surface area (Å²) in [4.78, 5) is 39.0. The zero-order valence-corrected chi connectivity index (χ0v) is 25.4. The predicted octanol–water partition coefficient (Wildman–Crippen LogP) is 3.64. The summed E-state index contributed by atoms with van der Waals surface area (Å²) in [5, 5.41) is 14.2. The molecule has 1 spiro atoms. The molecular formula is C33H35N9O2. The number of carbonyl (C=O) groups excluding carboxylic acids is 2. The van der Waals surface area contributed by atoms with Crippen LogP contribution in [-0.4, -0.2) is 77.5 Å². The molecule has 0 unspecified atom stereocenters. The molecule has 2 N–H and O–H groups in total. The van der Waals surface area contributed by atoms with E-state index >= 15 is 0 Å². The Morgan fingerprint density at radius 3 is 2.48 bits per heavy atom. The molecule has 5 aromatic rings. The van der Waals surface area contributed by atoms with Gasteiger partial charge in [0.15, 0.2) is 0 Å². The van der Waals surface area contributed by atoms with Gasteiger partial charge in [-0.25, -0.2) is 4.98 Å². The number of aryl methyl sites for hydroxylation is 2.